The minimum Gasteiger partial charge on any atom is -0.491 e. The minimum absolute atomic E-state index is 0.257. The van der Waals surface area contributed by atoms with Gasteiger partial charge in [-0.3, -0.25) is 0 Å². The lowest BCUT2D eigenvalue weighted by Gasteiger charge is -2.12. The third-order valence-corrected chi connectivity index (χ3v) is 4.04. The van der Waals surface area contributed by atoms with E-state index in [1.165, 1.54) is 5.56 Å². The first kappa shape index (κ1) is 18.0. The zero-order valence-electron chi connectivity index (χ0n) is 11.9. The minimum atomic E-state index is 0.257. The number of nitrogens with one attached hydrogen (secondary N) is 1. The summed E-state index contributed by atoms with van der Waals surface area (Å²) in [5.74, 6) is 0.855. The van der Waals surface area contributed by atoms with Crippen LogP contribution in [-0.2, 0) is 6.54 Å². The van der Waals surface area contributed by atoms with Crippen molar-refractivity contribution in [2.24, 2.45) is 0 Å². The summed E-state index contributed by atoms with van der Waals surface area (Å²) < 4.78 is 7.75. The number of hydrogen-bond acceptors (Lipinski definition) is 3. The van der Waals surface area contributed by atoms with Crippen LogP contribution in [0.3, 0.4) is 0 Å². The maximum atomic E-state index is 8.73. The molecular weight excluding hydrogens is 386 g/mol. The van der Waals surface area contributed by atoms with E-state index in [2.05, 4.69) is 56.2 Å². The van der Waals surface area contributed by atoms with Gasteiger partial charge in [0.15, 0.2) is 0 Å². The first-order valence-corrected chi connectivity index (χ1v) is 8.70. The largest absolute Gasteiger partial charge is 0.491 e. The highest BCUT2D eigenvalue weighted by Gasteiger charge is 2.09. The molecule has 0 fully saturated rings. The predicted molar refractivity (Wildman–Crippen MR) is 90.3 cm³/mol. The van der Waals surface area contributed by atoms with Crippen LogP contribution in [0.4, 0.5) is 0 Å². The Kier molecular flexibility index (Phi) is 9.52. The van der Waals surface area contributed by atoms with Crippen molar-refractivity contribution in [2.75, 3.05) is 19.8 Å². The highest BCUT2D eigenvalue weighted by molar-refractivity contribution is 9.11. The molecular formula is C15H23Br2NO2. The molecule has 0 atom stereocenters. The van der Waals surface area contributed by atoms with Crippen molar-refractivity contribution in [3.63, 3.8) is 0 Å². The summed E-state index contributed by atoms with van der Waals surface area (Å²) in [5.41, 5.74) is 1.23. The van der Waals surface area contributed by atoms with Gasteiger partial charge in [-0.05, 0) is 81.8 Å². The fourth-order valence-corrected chi connectivity index (χ4v) is 3.34. The quantitative estimate of drug-likeness (QED) is 0.568. The highest BCUT2D eigenvalue weighted by Crippen LogP contribution is 2.35. The molecule has 0 aliphatic rings. The fourth-order valence-electron chi connectivity index (χ4n) is 1.83. The van der Waals surface area contributed by atoms with E-state index in [1.807, 2.05) is 0 Å². The number of ether oxygens (including phenoxy) is 1. The Morgan fingerprint density at radius 2 is 1.85 bits per heavy atom. The molecule has 1 rings (SSSR count). The normalized spacial score (nSPS) is 10.8. The Hall–Kier alpha value is -0.100. The molecule has 1 aromatic rings. The summed E-state index contributed by atoms with van der Waals surface area (Å²) >= 11 is 7.13. The summed E-state index contributed by atoms with van der Waals surface area (Å²) in [4.78, 5) is 0. The van der Waals surface area contributed by atoms with Crippen molar-refractivity contribution in [1.29, 1.82) is 0 Å². The van der Waals surface area contributed by atoms with Crippen molar-refractivity contribution in [3.8, 4) is 5.75 Å². The van der Waals surface area contributed by atoms with Crippen LogP contribution < -0.4 is 10.1 Å². The lowest BCUT2D eigenvalue weighted by molar-refractivity contribution is 0.265. The highest BCUT2D eigenvalue weighted by atomic mass is 79.9. The van der Waals surface area contributed by atoms with Gasteiger partial charge in [-0.25, -0.2) is 0 Å². The third-order valence-electron chi connectivity index (χ3n) is 2.86. The van der Waals surface area contributed by atoms with Crippen molar-refractivity contribution >= 4 is 31.9 Å². The number of hydrogen-bond donors (Lipinski definition) is 2. The maximum Gasteiger partial charge on any atom is 0.147 e. The summed E-state index contributed by atoms with van der Waals surface area (Å²) in [6.45, 7) is 4.98. The molecule has 0 saturated carbocycles. The van der Waals surface area contributed by atoms with Crippen LogP contribution in [0.1, 0.15) is 38.2 Å². The molecule has 0 saturated heterocycles. The Bertz CT molecular complexity index is 376. The van der Waals surface area contributed by atoms with Gasteiger partial charge in [0.2, 0.25) is 0 Å². The molecule has 0 aliphatic heterocycles. The van der Waals surface area contributed by atoms with Gasteiger partial charge in [0.05, 0.1) is 15.6 Å². The molecule has 1 aromatic carbocycles. The number of unbranched alkanes of at least 4 members (excludes halogenated alkanes) is 2. The molecule has 0 unspecified atom stereocenters. The van der Waals surface area contributed by atoms with E-state index >= 15 is 0 Å². The van der Waals surface area contributed by atoms with Gasteiger partial charge in [-0.15, -0.1) is 0 Å². The molecule has 0 bridgehead atoms. The number of halogens is 2. The lowest BCUT2D eigenvalue weighted by Crippen LogP contribution is -2.13. The Labute approximate surface area is 138 Å². The van der Waals surface area contributed by atoms with Crippen LogP contribution in [-0.4, -0.2) is 24.9 Å². The Morgan fingerprint density at radius 1 is 1.15 bits per heavy atom. The molecule has 5 heteroatoms. The average molecular weight is 409 g/mol. The summed E-state index contributed by atoms with van der Waals surface area (Å²) in [7, 11) is 0. The second kappa shape index (κ2) is 10.6. The van der Waals surface area contributed by atoms with Crippen LogP contribution in [0.15, 0.2) is 21.1 Å². The van der Waals surface area contributed by atoms with Gasteiger partial charge in [0.25, 0.3) is 0 Å². The Balaban J connectivity index is 2.51. The molecule has 2 N–H and O–H groups in total. The molecule has 20 heavy (non-hydrogen) atoms. The second-order valence-corrected chi connectivity index (χ2v) is 6.41. The summed E-state index contributed by atoms with van der Waals surface area (Å²) in [5, 5.41) is 12.1. The van der Waals surface area contributed by atoms with Crippen LogP contribution in [0.2, 0.25) is 0 Å². The van der Waals surface area contributed by atoms with Gasteiger partial charge >= 0.3 is 0 Å². The monoisotopic (exact) mass is 407 g/mol. The average Bonchev–Trinajstić information content (AvgIpc) is 2.41. The topological polar surface area (TPSA) is 41.5 Å². The van der Waals surface area contributed by atoms with Crippen molar-refractivity contribution in [1.82, 2.24) is 5.32 Å². The van der Waals surface area contributed by atoms with Crippen LogP contribution >= 0.6 is 31.9 Å². The first-order chi connectivity index (χ1) is 9.69. The van der Waals surface area contributed by atoms with E-state index in [0.29, 0.717) is 6.61 Å². The number of benzene rings is 1. The first-order valence-electron chi connectivity index (χ1n) is 7.11. The van der Waals surface area contributed by atoms with Crippen LogP contribution in [0, 0.1) is 0 Å². The molecule has 0 amide bonds. The second-order valence-electron chi connectivity index (χ2n) is 4.70. The van der Waals surface area contributed by atoms with Gasteiger partial charge in [0, 0.05) is 13.2 Å². The van der Waals surface area contributed by atoms with Gasteiger partial charge in [0.1, 0.15) is 5.75 Å². The van der Waals surface area contributed by atoms with Gasteiger partial charge < -0.3 is 15.2 Å². The fraction of sp³-hybridized carbons (Fsp3) is 0.600. The zero-order chi connectivity index (χ0) is 14.8. The molecule has 114 valence electrons. The van der Waals surface area contributed by atoms with E-state index in [1.54, 1.807) is 0 Å². The number of aliphatic hydroxyl groups is 1. The predicted octanol–water partition coefficient (Wildman–Crippen LogP) is 4.25. The molecule has 0 aromatic heterocycles. The molecule has 0 aliphatic carbocycles. The zero-order valence-corrected chi connectivity index (χ0v) is 15.1. The van der Waals surface area contributed by atoms with E-state index in [0.717, 1.165) is 53.5 Å². The van der Waals surface area contributed by atoms with Crippen molar-refractivity contribution < 1.29 is 9.84 Å². The van der Waals surface area contributed by atoms with Gasteiger partial charge in [-0.1, -0.05) is 6.92 Å². The molecule has 3 nitrogen and oxygen atoms in total. The third kappa shape index (κ3) is 6.57. The molecule has 0 spiro atoms. The van der Waals surface area contributed by atoms with Crippen LogP contribution in [0.25, 0.3) is 0 Å². The molecule has 0 heterocycles. The maximum absolute atomic E-state index is 8.73. The smallest absolute Gasteiger partial charge is 0.147 e. The van der Waals surface area contributed by atoms with Crippen molar-refractivity contribution in [3.05, 3.63) is 26.6 Å². The van der Waals surface area contributed by atoms with Crippen LogP contribution in [0.5, 0.6) is 5.75 Å². The van der Waals surface area contributed by atoms with E-state index in [-0.39, 0.29) is 6.61 Å². The van der Waals surface area contributed by atoms with Gasteiger partial charge in [-0.2, -0.15) is 0 Å². The number of rotatable bonds is 10. The standard InChI is InChI=1S/C15H23Br2NO2/c1-2-6-18-11-12-9-13(16)15(14(17)10-12)20-8-5-3-4-7-19/h9-10,18-19H,2-8,11H2,1H3. The number of aliphatic hydroxyl groups excluding tert-OH is 1. The Morgan fingerprint density at radius 3 is 2.45 bits per heavy atom. The van der Waals surface area contributed by atoms with E-state index < -0.39 is 0 Å². The summed E-state index contributed by atoms with van der Waals surface area (Å²) in [6, 6.07) is 4.19. The lowest BCUT2D eigenvalue weighted by atomic mass is 10.2. The van der Waals surface area contributed by atoms with E-state index in [4.69, 9.17) is 9.84 Å². The van der Waals surface area contributed by atoms with Crippen molar-refractivity contribution in [2.45, 2.75) is 39.2 Å². The summed E-state index contributed by atoms with van der Waals surface area (Å²) in [6.07, 6.45) is 3.93. The SMILES string of the molecule is CCCNCc1cc(Br)c(OCCCCCO)c(Br)c1. The molecule has 0 radical (unpaired) electrons. The van der Waals surface area contributed by atoms with E-state index in [9.17, 15) is 0 Å².